The maximum absolute atomic E-state index is 17.7. The number of hydrogen-bond donors (Lipinski definition) is 0. The minimum Gasteiger partial charge on any atom is -0.456 e. The zero-order valence-corrected chi connectivity index (χ0v) is 90.9. The second-order valence-corrected chi connectivity index (χ2v) is 52.5. The van der Waals surface area contributed by atoms with Gasteiger partial charge in [0.1, 0.15) is 58.1 Å². The Labute approximate surface area is 831 Å². The lowest BCUT2D eigenvalue weighted by Crippen LogP contribution is -2.61. The zero-order chi connectivity index (χ0) is 100. The van der Waals surface area contributed by atoms with E-state index in [-0.39, 0.29) is 116 Å². The van der Waals surface area contributed by atoms with Gasteiger partial charge in [-0.3, -0.25) is 38.6 Å². The van der Waals surface area contributed by atoms with Gasteiger partial charge in [0.05, 0.1) is 22.3 Å². The van der Waals surface area contributed by atoms with Gasteiger partial charge in [0, 0.05) is 177 Å². The highest BCUT2D eigenvalue weighted by molar-refractivity contribution is 6.62. The molecule has 6 amide bonds. The number of benzene rings is 9. The highest BCUT2D eigenvalue weighted by Gasteiger charge is 2.55. The van der Waals surface area contributed by atoms with E-state index in [1.165, 1.54) is 9.80 Å². The van der Waals surface area contributed by atoms with E-state index in [4.69, 9.17) is 72.1 Å². The fourth-order valence-corrected chi connectivity index (χ4v) is 32.6. The topological polar surface area (TPSA) is 263 Å². The molecule has 15 rings (SSSR count). The van der Waals surface area contributed by atoms with Crippen molar-refractivity contribution >= 4 is 114 Å². The fraction of sp³-hybridized carbons (Fsp3) is 0.545. The van der Waals surface area contributed by atoms with E-state index >= 15 is 28.8 Å². The van der Waals surface area contributed by atoms with Crippen molar-refractivity contribution in [2.45, 2.75) is 272 Å². The SMILES string of the molecule is CCc1ccc(Oc2cc3c4c(cc(Oc5ccc(CC)cc5C)c5c6c(Oc7ccc(CC)cc7C)cc7c8c(cc(Oc9ccc(CC)cc9C)c(c2c45)c86)C(=O)N(C(C(=O)N(C2CCCC(C[Si](OC)(OC)OC)C2)C2CCCC(C[Si](OC)(OC)OC)C2)C(C)C)C7=O)C(=O)N(C(C(=O)N(C2CCCC(C[Si](OC)(OC)OC)C2)C2CCCC(C[Si](OC)(OC)OC)C2)C(C)C)C3=O)c(C)c1. The smallest absolute Gasteiger partial charge is 0.456 e. The predicted octanol–water partition coefficient (Wildman–Crippen LogP) is 23.0. The summed E-state index contributed by atoms with van der Waals surface area (Å²) in [5.74, 6) is -2.66. The van der Waals surface area contributed by atoms with Crippen molar-refractivity contribution in [2.75, 3.05) is 85.3 Å². The first-order valence-corrected chi connectivity index (χ1v) is 58.5. The average Bonchev–Trinajstić information content (AvgIpc) is 0.667. The Morgan fingerprint density at radius 1 is 0.300 bits per heavy atom. The van der Waals surface area contributed by atoms with Crippen LogP contribution >= 0.6 is 0 Å². The van der Waals surface area contributed by atoms with Crippen LogP contribution in [0.4, 0.5) is 0 Å². The van der Waals surface area contributed by atoms with E-state index < -0.39 is 82.8 Å². The first-order chi connectivity index (χ1) is 67.2. The van der Waals surface area contributed by atoms with Gasteiger partial charge in [0.25, 0.3) is 23.6 Å². The van der Waals surface area contributed by atoms with E-state index in [0.29, 0.717) is 157 Å². The summed E-state index contributed by atoms with van der Waals surface area (Å²) in [4.78, 5) is 112. The molecule has 756 valence electrons. The van der Waals surface area contributed by atoms with E-state index in [9.17, 15) is 0 Å². The van der Waals surface area contributed by atoms with E-state index in [1.807, 2.05) is 104 Å². The maximum atomic E-state index is 17.7. The number of fused-ring (bicyclic) bond motifs is 2. The number of amides is 6. The molecule has 10 atom stereocenters. The second kappa shape index (κ2) is 44.3. The molecule has 0 aromatic heterocycles. The molecule has 0 N–H and O–H groups in total. The van der Waals surface area contributed by atoms with Gasteiger partial charge in [-0.1, -0.05) is 155 Å². The molecule has 140 heavy (non-hydrogen) atoms. The standard InChI is InChI=1S/C110H148N4O22Si4/c1-25-71-41-45-87(67(9)49-71)133-91-57-83-95-84(106(116)113(105(83)115)103(65(5)6)109(119)111(79-37-29-33-75(53-79)61-137(121-13,122-14)123-15)80-38-30-34-76(54-80)62-138(124-16,125-17)126-18)59-93(135-89-47-43-73(27-3)51-69(89)11)99-100-94(136-90-48-44-74(28-4)52-70(90)12)60-86-96-85(58-92(98(102(96)100)97(91)101(95)99)134-88-46-42-72(26-2)50-68(88)10)107(117)114(108(86)118)104(66(7)8)110(120)112(81-39-31-35-77(55-81)63-139(127-19,128-20)129-21)82-40-32-36-78(56-82)64-140(130-22,131-23)132-24/h41-52,57-60,65-66,75-82,103-104H,25-40,53-56,61-64H2,1-24H3. The van der Waals surface area contributed by atoms with E-state index in [1.54, 1.807) is 110 Å². The minimum atomic E-state index is -3.18. The molecule has 10 unspecified atom stereocenters. The molecule has 0 spiro atoms. The molecule has 0 saturated heterocycles. The first-order valence-electron chi connectivity index (χ1n) is 50.7. The molecular weight excluding hydrogens is 1840 g/mol. The van der Waals surface area contributed by atoms with Crippen LogP contribution in [-0.4, -0.2) is 212 Å². The van der Waals surface area contributed by atoms with Crippen molar-refractivity contribution in [1.82, 2.24) is 19.6 Å². The van der Waals surface area contributed by atoms with Gasteiger partial charge in [-0.2, -0.15) is 0 Å². The van der Waals surface area contributed by atoms with Gasteiger partial charge < -0.3 is 81.9 Å². The Morgan fingerprint density at radius 3 is 0.686 bits per heavy atom. The number of carbonyl (C=O) groups is 6. The lowest BCUT2D eigenvalue weighted by Gasteiger charge is -2.48. The highest BCUT2D eigenvalue weighted by Crippen LogP contribution is 2.60. The summed E-state index contributed by atoms with van der Waals surface area (Å²) in [5.41, 5.74) is 7.48. The number of imide groups is 2. The van der Waals surface area contributed by atoms with Crippen LogP contribution in [0.25, 0.3) is 43.1 Å². The molecule has 0 radical (unpaired) electrons. The monoisotopic (exact) mass is 1990 g/mol. The van der Waals surface area contributed by atoms with Crippen LogP contribution in [0.1, 0.15) is 244 Å². The number of carbonyl (C=O) groups excluding carboxylic acids is 6. The number of nitrogens with zero attached hydrogens (tertiary/aromatic N) is 4. The summed E-state index contributed by atoms with van der Waals surface area (Å²) in [7, 11) is 6.81. The van der Waals surface area contributed by atoms with Crippen LogP contribution in [0.15, 0.2) is 97.1 Å². The lowest BCUT2D eigenvalue weighted by molar-refractivity contribution is -0.145. The summed E-state index contributed by atoms with van der Waals surface area (Å²) >= 11 is 0. The molecule has 2 heterocycles. The van der Waals surface area contributed by atoms with Crippen LogP contribution in [0.3, 0.4) is 0 Å². The number of ether oxygens (including phenoxy) is 4. The van der Waals surface area contributed by atoms with Gasteiger partial charge in [-0.15, -0.1) is 0 Å². The van der Waals surface area contributed by atoms with Crippen LogP contribution in [0, 0.1) is 63.2 Å². The third kappa shape index (κ3) is 20.3. The van der Waals surface area contributed by atoms with Crippen molar-refractivity contribution in [1.29, 1.82) is 0 Å². The van der Waals surface area contributed by atoms with Crippen LogP contribution in [0.2, 0.25) is 24.2 Å². The van der Waals surface area contributed by atoms with Crippen molar-refractivity contribution in [3.8, 4) is 46.0 Å². The third-order valence-electron chi connectivity index (χ3n) is 31.7. The average molecular weight is 1990 g/mol. The van der Waals surface area contributed by atoms with Crippen molar-refractivity contribution < 1.29 is 101 Å². The summed E-state index contributed by atoms with van der Waals surface area (Å²) in [6.07, 6.45) is 14.3. The quantitative estimate of drug-likeness (QED) is 0.0149. The maximum Gasteiger partial charge on any atom is 0.500 e. The van der Waals surface area contributed by atoms with Crippen molar-refractivity contribution in [3.05, 3.63) is 164 Å². The largest absolute Gasteiger partial charge is 0.500 e. The van der Waals surface area contributed by atoms with Crippen LogP contribution in [-0.2, 0) is 88.4 Å². The van der Waals surface area contributed by atoms with Gasteiger partial charge in [0.2, 0.25) is 11.8 Å². The minimum absolute atomic E-state index is 0.0204. The fourth-order valence-electron chi connectivity index (χ4n) is 24.3. The summed E-state index contributed by atoms with van der Waals surface area (Å²) in [6, 6.07) is 28.8. The highest BCUT2D eigenvalue weighted by atomic mass is 28.4. The van der Waals surface area contributed by atoms with Crippen molar-refractivity contribution in [2.24, 2.45) is 35.5 Å². The van der Waals surface area contributed by atoms with Crippen LogP contribution in [0.5, 0.6) is 46.0 Å². The summed E-state index contributed by atoms with van der Waals surface area (Å²) in [5, 5.41) is 2.44. The Kier molecular flexibility index (Phi) is 33.4. The Morgan fingerprint density at radius 2 is 0.507 bits per heavy atom. The molecular formula is C110H148N4O22Si4. The van der Waals surface area contributed by atoms with Crippen molar-refractivity contribution in [3.63, 3.8) is 0 Å². The molecule has 4 saturated carbocycles. The molecule has 9 aromatic rings. The van der Waals surface area contributed by atoms with E-state index in [0.717, 1.165) is 95.9 Å². The zero-order valence-electron chi connectivity index (χ0n) is 86.9. The molecule has 0 bridgehead atoms. The lowest BCUT2D eigenvalue weighted by atomic mass is 9.79. The first kappa shape index (κ1) is 105. The Bertz CT molecular complexity index is 5340. The van der Waals surface area contributed by atoms with E-state index in [2.05, 4.69) is 61.8 Å². The Balaban J connectivity index is 1.03. The van der Waals surface area contributed by atoms with Gasteiger partial charge in [0.15, 0.2) is 0 Å². The molecule has 26 nitrogen and oxygen atoms in total. The van der Waals surface area contributed by atoms with Crippen LogP contribution < -0.4 is 18.9 Å². The molecule has 4 fully saturated rings. The third-order valence-corrected chi connectivity index (χ3v) is 43.5. The Hall–Kier alpha value is -8.91. The van der Waals surface area contributed by atoms with Gasteiger partial charge >= 0.3 is 35.2 Å². The number of rotatable bonds is 42. The second-order valence-electron chi connectivity index (χ2n) is 40.5. The normalized spacial score (nSPS) is 20.6. The number of aryl methyl sites for hydroxylation is 8. The van der Waals surface area contributed by atoms with Gasteiger partial charge in [-0.25, -0.2) is 0 Å². The molecule has 30 heteroatoms. The number of hydrogen-bond acceptors (Lipinski definition) is 22. The molecule has 6 aliphatic rings. The van der Waals surface area contributed by atoms with Gasteiger partial charge in [-0.05, 0) is 233 Å². The summed E-state index contributed by atoms with van der Waals surface area (Å²) < 4.78 is 104. The predicted molar refractivity (Wildman–Crippen MR) is 551 cm³/mol. The summed E-state index contributed by atoms with van der Waals surface area (Å²) in [6.45, 7) is 23.9. The molecule has 9 aromatic carbocycles. The molecule has 4 aliphatic carbocycles. The molecule has 2 aliphatic heterocycles.